The van der Waals surface area contributed by atoms with Gasteiger partial charge in [0.1, 0.15) is 0 Å². The summed E-state index contributed by atoms with van der Waals surface area (Å²) in [4.78, 5) is 24.7. The summed E-state index contributed by atoms with van der Waals surface area (Å²) in [5.41, 5.74) is -1.52. The molecule has 1 heterocycles. The minimum Gasteiger partial charge on any atom is -0.479 e. The van der Waals surface area contributed by atoms with E-state index in [0.29, 0.717) is 19.4 Å². The minimum absolute atomic E-state index is 0.0411. The summed E-state index contributed by atoms with van der Waals surface area (Å²) in [5.74, 6) is -1.18. The average molecular weight is 287 g/mol. The monoisotopic (exact) mass is 287 g/mol. The van der Waals surface area contributed by atoms with E-state index in [1.807, 2.05) is 20.8 Å². The van der Waals surface area contributed by atoms with Crippen molar-refractivity contribution in [1.82, 2.24) is 4.90 Å². The normalized spacial score (nSPS) is 24.6. The number of carbonyl (C=O) groups excluding carboxylic acids is 1. The molecular weight excluding hydrogens is 262 g/mol. The molecule has 2 unspecified atom stereocenters. The third-order valence-electron chi connectivity index (χ3n) is 3.78. The highest BCUT2D eigenvalue weighted by Crippen LogP contribution is 2.33. The first-order valence-corrected chi connectivity index (χ1v) is 6.97. The third-order valence-corrected chi connectivity index (χ3v) is 3.78. The van der Waals surface area contributed by atoms with Crippen LogP contribution in [0.15, 0.2) is 0 Å². The number of aliphatic hydroxyl groups excluding tert-OH is 1. The van der Waals surface area contributed by atoms with Crippen LogP contribution in [0, 0.1) is 5.41 Å². The Balaban J connectivity index is 2.73. The van der Waals surface area contributed by atoms with Gasteiger partial charge in [-0.1, -0.05) is 20.8 Å². The number of amides is 1. The number of nitrogens with zero attached hydrogens (tertiary/aromatic N) is 1. The molecule has 0 saturated carbocycles. The molecule has 1 rings (SSSR count). The first-order chi connectivity index (χ1) is 9.11. The highest BCUT2D eigenvalue weighted by molar-refractivity contribution is 5.85. The van der Waals surface area contributed by atoms with E-state index in [1.54, 1.807) is 0 Å². The molecule has 1 saturated heterocycles. The summed E-state index contributed by atoms with van der Waals surface area (Å²) < 4.78 is 5.17. The largest absolute Gasteiger partial charge is 0.479 e. The van der Waals surface area contributed by atoms with Gasteiger partial charge in [0.2, 0.25) is 0 Å². The number of carbonyl (C=O) groups is 2. The van der Waals surface area contributed by atoms with E-state index in [9.17, 15) is 19.8 Å². The van der Waals surface area contributed by atoms with Crippen molar-refractivity contribution in [1.29, 1.82) is 0 Å². The molecule has 1 aliphatic heterocycles. The molecule has 0 aromatic heterocycles. The Labute approximate surface area is 119 Å². The van der Waals surface area contributed by atoms with Crippen molar-refractivity contribution in [3.63, 3.8) is 0 Å². The number of ether oxygens (including phenoxy) is 1. The summed E-state index contributed by atoms with van der Waals surface area (Å²) in [5, 5.41) is 19.2. The van der Waals surface area contributed by atoms with Crippen LogP contribution in [0.2, 0.25) is 0 Å². The Morgan fingerprint density at radius 1 is 1.40 bits per heavy atom. The maximum atomic E-state index is 12.1. The molecule has 6 nitrogen and oxygen atoms in total. The van der Waals surface area contributed by atoms with Gasteiger partial charge in [-0.3, -0.25) is 4.90 Å². The number of hydrogen-bond acceptors (Lipinski definition) is 4. The Morgan fingerprint density at radius 2 is 2.00 bits per heavy atom. The van der Waals surface area contributed by atoms with Gasteiger partial charge in [-0.25, -0.2) is 9.59 Å². The number of rotatable bonds is 4. The number of likely N-dealkylation sites (tertiary alicyclic amines) is 1. The van der Waals surface area contributed by atoms with E-state index in [2.05, 4.69) is 0 Å². The zero-order chi connectivity index (χ0) is 15.6. The highest BCUT2D eigenvalue weighted by Gasteiger charge is 2.54. The van der Waals surface area contributed by atoms with Crippen molar-refractivity contribution < 1.29 is 24.5 Å². The van der Waals surface area contributed by atoms with Gasteiger partial charge in [-0.15, -0.1) is 0 Å². The van der Waals surface area contributed by atoms with Crippen molar-refractivity contribution in [3.05, 3.63) is 0 Å². The predicted molar refractivity (Wildman–Crippen MR) is 73.4 cm³/mol. The number of aliphatic carboxylic acids is 1. The molecule has 0 spiro atoms. The molecule has 1 fully saturated rings. The summed E-state index contributed by atoms with van der Waals surface area (Å²) in [6.45, 7) is 8.05. The van der Waals surface area contributed by atoms with Crippen LogP contribution in [0.3, 0.4) is 0 Å². The van der Waals surface area contributed by atoms with Crippen LogP contribution in [0.4, 0.5) is 4.79 Å². The Bertz CT molecular complexity index is 374. The zero-order valence-corrected chi connectivity index (χ0v) is 12.7. The standard InChI is InChI=1S/C14H25NO5/c1-10(16)14(11(17)18)6-5-8-15(14)12(19)20-9-7-13(2,3)4/h10,16H,5-9H2,1-4H3,(H,17,18). The number of hydrogen-bond donors (Lipinski definition) is 2. The van der Waals surface area contributed by atoms with Crippen LogP contribution in [0.25, 0.3) is 0 Å². The summed E-state index contributed by atoms with van der Waals surface area (Å²) in [6, 6.07) is 0. The van der Waals surface area contributed by atoms with Crippen LogP contribution in [0.5, 0.6) is 0 Å². The quantitative estimate of drug-likeness (QED) is 0.824. The van der Waals surface area contributed by atoms with Crippen LogP contribution in [0.1, 0.15) is 47.0 Å². The van der Waals surface area contributed by atoms with E-state index in [-0.39, 0.29) is 18.4 Å². The van der Waals surface area contributed by atoms with Crippen LogP contribution in [-0.2, 0) is 9.53 Å². The van der Waals surface area contributed by atoms with Crippen LogP contribution in [-0.4, -0.2) is 52.0 Å². The molecule has 6 heteroatoms. The lowest BCUT2D eigenvalue weighted by molar-refractivity contribution is -0.155. The van der Waals surface area contributed by atoms with E-state index < -0.39 is 23.7 Å². The average Bonchev–Trinajstić information content (AvgIpc) is 2.72. The second-order valence-corrected chi connectivity index (χ2v) is 6.59. The van der Waals surface area contributed by atoms with Crippen molar-refractivity contribution >= 4 is 12.1 Å². The lowest BCUT2D eigenvalue weighted by atomic mass is 9.90. The Hall–Kier alpha value is -1.30. The fourth-order valence-electron chi connectivity index (χ4n) is 2.45. The van der Waals surface area contributed by atoms with Gasteiger partial charge in [-0.2, -0.15) is 0 Å². The molecule has 0 radical (unpaired) electrons. The molecular formula is C14H25NO5. The van der Waals surface area contributed by atoms with Gasteiger partial charge in [0, 0.05) is 6.54 Å². The van der Waals surface area contributed by atoms with Gasteiger partial charge >= 0.3 is 12.1 Å². The van der Waals surface area contributed by atoms with E-state index in [1.165, 1.54) is 6.92 Å². The lowest BCUT2D eigenvalue weighted by Crippen LogP contribution is -2.59. The SMILES string of the molecule is CC(O)C1(C(=O)O)CCCN1C(=O)OCCC(C)(C)C. The Kier molecular flexibility index (Phi) is 5.02. The maximum absolute atomic E-state index is 12.1. The Morgan fingerprint density at radius 3 is 2.45 bits per heavy atom. The van der Waals surface area contributed by atoms with Crippen LogP contribution < -0.4 is 0 Å². The van der Waals surface area contributed by atoms with E-state index >= 15 is 0 Å². The smallest absolute Gasteiger partial charge is 0.410 e. The third kappa shape index (κ3) is 3.42. The molecule has 20 heavy (non-hydrogen) atoms. The van der Waals surface area contributed by atoms with Gasteiger partial charge in [0.05, 0.1) is 12.7 Å². The van der Waals surface area contributed by atoms with Crippen molar-refractivity contribution in [2.24, 2.45) is 5.41 Å². The summed E-state index contributed by atoms with van der Waals surface area (Å²) >= 11 is 0. The van der Waals surface area contributed by atoms with Crippen LogP contribution >= 0.6 is 0 Å². The highest BCUT2D eigenvalue weighted by atomic mass is 16.6. The first-order valence-electron chi connectivity index (χ1n) is 6.97. The molecule has 1 amide bonds. The molecule has 2 N–H and O–H groups in total. The maximum Gasteiger partial charge on any atom is 0.410 e. The summed E-state index contributed by atoms with van der Waals surface area (Å²) in [7, 11) is 0. The predicted octanol–water partition coefficient (Wildman–Crippen LogP) is 1.86. The molecule has 2 atom stereocenters. The van der Waals surface area contributed by atoms with E-state index in [4.69, 9.17) is 4.74 Å². The fourth-order valence-corrected chi connectivity index (χ4v) is 2.45. The number of carboxylic acid groups (broad SMARTS) is 1. The summed E-state index contributed by atoms with van der Waals surface area (Å²) in [6.07, 6.45) is -0.311. The second-order valence-electron chi connectivity index (χ2n) is 6.59. The zero-order valence-electron chi connectivity index (χ0n) is 12.7. The van der Waals surface area contributed by atoms with Crippen molar-refractivity contribution in [3.8, 4) is 0 Å². The fraction of sp³-hybridized carbons (Fsp3) is 0.857. The van der Waals surface area contributed by atoms with E-state index in [0.717, 1.165) is 4.90 Å². The number of aliphatic hydroxyl groups is 1. The molecule has 0 aromatic rings. The number of carboxylic acids is 1. The van der Waals surface area contributed by atoms with Crippen molar-refractivity contribution in [2.75, 3.05) is 13.2 Å². The van der Waals surface area contributed by atoms with Gasteiger partial charge < -0.3 is 14.9 Å². The lowest BCUT2D eigenvalue weighted by Gasteiger charge is -2.36. The topological polar surface area (TPSA) is 87.1 Å². The molecule has 1 aliphatic rings. The van der Waals surface area contributed by atoms with Gasteiger partial charge in [0.25, 0.3) is 0 Å². The minimum atomic E-state index is -1.56. The van der Waals surface area contributed by atoms with Gasteiger partial charge in [0.15, 0.2) is 5.54 Å². The van der Waals surface area contributed by atoms with Crippen molar-refractivity contribution in [2.45, 2.75) is 58.6 Å². The first kappa shape index (κ1) is 16.8. The molecule has 0 bridgehead atoms. The van der Waals surface area contributed by atoms with Gasteiger partial charge in [-0.05, 0) is 31.6 Å². The molecule has 0 aliphatic carbocycles. The second kappa shape index (κ2) is 5.99. The molecule has 0 aromatic carbocycles. The molecule has 116 valence electrons.